The maximum Gasteiger partial charge on any atom is 0.251 e. The highest BCUT2D eigenvalue weighted by molar-refractivity contribution is 5.94. The normalized spacial score (nSPS) is 10.7. The Bertz CT molecular complexity index is 561. The molecule has 1 amide bonds. The Morgan fingerprint density at radius 1 is 1.39 bits per heavy atom. The first-order valence-electron chi connectivity index (χ1n) is 5.74. The molecule has 1 heterocycles. The molecule has 0 bridgehead atoms. The molecule has 94 valence electrons. The van der Waals surface area contributed by atoms with Gasteiger partial charge < -0.3 is 5.32 Å². The van der Waals surface area contributed by atoms with Crippen molar-refractivity contribution in [1.82, 2.24) is 25.5 Å². The number of nitrogens with one attached hydrogen (secondary N) is 1. The van der Waals surface area contributed by atoms with E-state index in [1.165, 1.54) is 0 Å². The monoisotopic (exact) mass is 245 g/mol. The van der Waals surface area contributed by atoms with Crippen LogP contribution in [0.25, 0.3) is 5.69 Å². The summed E-state index contributed by atoms with van der Waals surface area (Å²) in [4.78, 5) is 11.9. The SMILES string of the molecule is Cc1nnnn1-c1cccc(C(=O)NC(C)C)c1. The molecule has 0 radical (unpaired) electrons. The number of rotatable bonds is 3. The van der Waals surface area contributed by atoms with E-state index in [1.807, 2.05) is 26.0 Å². The highest BCUT2D eigenvalue weighted by Gasteiger charge is 2.09. The van der Waals surface area contributed by atoms with E-state index < -0.39 is 0 Å². The molecule has 0 fully saturated rings. The van der Waals surface area contributed by atoms with E-state index in [9.17, 15) is 4.79 Å². The molecule has 0 unspecified atom stereocenters. The number of benzene rings is 1. The third-order valence-electron chi connectivity index (χ3n) is 2.40. The van der Waals surface area contributed by atoms with E-state index in [0.717, 1.165) is 5.69 Å². The van der Waals surface area contributed by atoms with Crippen molar-refractivity contribution < 1.29 is 4.79 Å². The van der Waals surface area contributed by atoms with Crippen molar-refractivity contribution in [2.75, 3.05) is 0 Å². The quantitative estimate of drug-likeness (QED) is 0.879. The molecule has 6 nitrogen and oxygen atoms in total. The Labute approximate surface area is 105 Å². The lowest BCUT2D eigenvalue weighted by molar-refractivity contribution is 0.0943. The maximum absolute atomic E-state index is 11.9. The summed E-state index contributed by atoms with van der Waals surface area (Å²) in [5, 5.41) is 14.1. The van der Waals surface area contributed by atoms with Crippen LogP contribution in [0.4, 0.5) is 0 Å². The number of tetrazole rings is 1. The third kappa shape index (κ3) is 2.53. The molecule has 0 aliphatic rings. The number of aryl methyl sites for hydroxylation is 1. The molecule has 2 aromatic rings. The van der Waals surface area contributed by atoms with Gasteiger partial charge in [-0.1, -0.05) is 6.07 Å². The first kappa shape index (κ1) is 12.2. The van der Waals surface area contributed by atoms with Gasteiger partial charge in [-0.2, -0.15) is 4.68 Å². The highest BCUT2D eigenvalue weighted by Crippen LogP contribution is 2.10. The number of carbonyl (C=O) groups is 1. The fourth-order valence-corrected chi connectivity index (χ4v) is 1.59. The lowest BCUT2D eigenvalue weighted by Gasteiger charge is -2.09. The van der Waals surface area contributed by atoms with Gasteiger partial charge in [-0.05, 0) is 49.4 Å². The summed E-state index contributed by atoms with van der Waals surface area (Å²) in [6, 6.07) is 7.30. The van der Waals surface area contributed by atoms with Crippen molar-refractivity contribution in [3.63, 3.8) is 0 Å². The van der Waals surface area contributed by atoms with Gasteiger partial charge in [-0.3, -0.25) is 4.79 Å². The second kappa shape index (κ2) is 4.95. The number of hydrogen-bond acceptors (Lipinski definition) is 4. The topological polar surface area (TPSA) is 72.7 Å². The summed E-state index contributed by atoms with van der Waals surface area (Å²) in [5.74, 6) is 0.578. The molecule has 0 saturated heterocycles. The molecule has 6 heteroatoms. The summed E-state index contributed by atoms with van der Waals surface area (Å²) in [6.07, 6.45) is 0. The van der Waals surface area contributed by atoms with E-state index in [-0.39, 0.29) is 11.9 Å². The van der Waals surface area contributed by atoms with Crippen LogP contribution in [-0.4, -0.2) is 32.2 Å². The van der Waals surface area contributed by atoms with Gasteiger partial charge >= 0.3 is 0 Å². The van der Waals surface area contributed by atoms with Crippen molar-refractivity contribution in [2.45, 2.75) is 26.8 Å². The lowest BCUT2D eigenvalue weighted by atomic mass is 10.2. The molecule has 18 heavy (non-hydrogen) atoms. The predicted octanol–water partition coefficient (Wildman–Crippen LogP) is 1.11. The van der Waals surface area contributed by atoms with Crippen LogP contribution in [0.1, 0.15) is 30.0 Å². The zero-order valence-electron chi connectivity index (χ0n) is 10.6. The predicted molar refractivity (Wildman–Crippen MR) is 66.5 cm³/mol. The first-order chi connectivity index (χ1) is 8.58. The van der Waals surface area contributed by atoms with Crippen LogP contribution < -0.4 is 5.32 Å². The molecular weight excluding hydrogens is 230 g/mol. The second-order valence-corrected chi connectivity index (χ2v) is 4.32. The summed E-state index contributed by atoms with van der Waals surface area (Å²) >= 11 is 0. The average Bonchev–Trinajstić information content (AvgIpc) is 2.75. The van der Waals surface area contributed by atoms with Gasteiger partial charge in [0.1, 0.15) is 0 Å². The van der Waals surface area contributed by atoms with Crippen LogP contribution in [0.5, 0.6) is 0 Å². The lowest BCUT2D eigenvalue weighted by Crippen LogP contribution is -2.30. The molecule has 0 spiro atoms. The Kier molecular flexibility index (Phi) is 3.36. The third-order valence-corrected chi connectivity index (χ3v) is 2.40. The Morgan fingerprint density at radius 2 is 2.17 bits per heavy atom. The molecule has 0 aliphatic heterocycles. The minimum atomic E-state index is -0.0995. The van der Waals surface area contributed by atoms with Gasteiger partial charge in [0, 0.05) is 11.6 Å². The van der Waals surface area contributed by atoms with E-state index in [0.29, 0.717) is 11.4 Å². The average molecular weight is 245 g/mol. The van der Waals surface area contributed by atoms with Crippen molar-refractivity contribution in [1.29, 1.82) is 0 Å². The zero-order valence-corrected chi connectivity index (χ0v) is 10.6. The molecule has 2 rings (SSSR count). The summed E-state index contributed by atoms with van der Waals surface area (Å²) < 4.78 is 1.59. The minimum absolute atomic E-state index is 0.0995. The van der Waals surface area contributed by atoms with Crippen LogP contribution in [0.3, 0.4) is 0 Å². The fraction of sp³-hybridized carbons (Fsp3) is 0.333. The van der Waals surface area contributed by atoms with Gasteiger partial charge in [0.05, 0.1) is 5.69 Å². The van der Waals surface area contributed by atoms with Crippen LogP contribution in [0, 0.1) is 6.92 Å². The summed E-state index contributed by atoms with van der Waals surface area (Å²) in [7, 11) is 0. The molecule has 1 N–H and O–H groups in total. The molecular formula is C12H15N5O. The van der Waals surface area contributed by atoms with Crippen LogP contribution in [0.15, 0.2) is 24.3 Å². The van der Waals surface area contributed by atoms with Crippen LogP contribution >= 0.6 is 0 Å². The number of aromatic nitrogens is 4. The number of nitrogens with zero attached hydrogens (tertiary/aromatic N) is 4. The highest BCUT2D eigenvalue weighted by atomic mass is 16.1. The molecule has 0 atom stereocenters. The zero-order chi connectivity index (χ0) is 13.1. The smallest absolute Gasteiger partial charge is 0.251 e. The Hall–Kier alpha value is -2.24. The van der Waals surface area contributed by atoms with Crippen molar-refractivity contribution in [3.05, 3.63) is 35.7 Å². The van der Waals surface area contributed by atoms with Crippen molar-refractivity contribution in [3.8, 4) is 5.69 Å². The van der Waals surface area contributed by atoms with Gasteiger partial charge in [0.25, 0.3) is 5.91 Å². The number of amides is 1. The Morgan fingerprint density at radius 3 is 2.78 bits per heavy atom. The van der Waals surface area contributed by atoms with E-state index >= 15 is 0 Å². The van der Waals surface area contributed by atoms with Gasteiger partial charge in [-0.15, -0.1) is 5.10 Å². The minimum Gasteiger partial charge on any atom is -0.350 e. The summed E-state index contributed by atoms with van der Waals surface area (Å²) in [6.45, 7) is 5.65. The largest absolute Gasteiger partial charge is 0.350 e. The molecule has 0 saturated carbocycles. The molecule has 1 aromatic heterocycles. The number of carbonyl (C=O) groups excluding carboxylic acids is 1. The van der Waals surface area contributed by atoms with E-state index in [2.05, 4.69) is 20.8 Å². The second-order valence-electron chi connectivity index (χ2n) is 4.32. The molecule has 1 aromatic carbocycles. The first-order valence-corrected chi connectivity index (χ1v) is 5.74. The Balaban J connectivity index is 2.31. The van der Waals surface area contributed by atoms with Crippen LogP contribution in [-0.2, 0) is 0 Å². The standard InChI is InChI=1S/C12H15N5O/c1-8(2)13-12(18)10-5-4-6-11(7-10)17-9(3)14-15-16-17/h4-8H,1-3H3,(H,13,18). The van der Waals surface area contributed by atoms with E-state index in [4.69, 9.17) is 0 Å². The van der Waals surface area contributed by atoms with Crippen LogP contribution in [0.2, 0.25) is 0 Å². The van der Waals surface area contributed by atoms with Crippen molar-refractivity contribution in [2.24, 2.45) is 0 Å². The van der Waals surface area contributed by atoms with Gasteiger partial charge in [0.15, 0.2) is 5.82 Å². The van der Waals surface area contributed by atoms with Gasteiger partial charge in [-0.25, -0.2) is 0 Å². The van der Waals surface area contributed by atoms with Crippen molar-refractivity contribution >= 4 is 5.91 Å². The number of hydrogen-bond donors (Lipinski definition) is 1. The van der Waals surface area contributed by atoms with Gasteiger partial charge in [0.2, 0.25) is 0 Å². The maximum atomic E-state index is 11.9. The fourth-order valence-electron chi connectivity index (χ4n) is 1.59. The summed E-state index contributed by atoms with van der Waals surface area (Å²) in [5.41, 5.74) is 1.37. The molecule has 0 aliphatic carbocycles. The van der Waals surface area contributed by atoms with E-state index in [1.54, 1.807) is 23.7 Å².